The summed E-state index contributed by atoms with van der Waals surface area (Å²) in [5, 5.41) is 11.4. The van der Waals surface area contributed by atoms with Gasteiger partial charge in [0.15, 0.2) is 5.76 Å². The maximum absolute atomic E-state index is 12.8. The fourth-order valence-electron chi connectivity index (χ4n) is 1.89. The highest BCUT2D eigenvalue weighted by Gasteiger charge is 2.16. The SMILES string of the molecule is CC(Cc1ccc(F)cc1)NC(=O)c1ccc(C(=O)O)o1. The number of amides is 1. The molecule has 0 saturated carbocycles. The molecule has 2 rings (SSSR count). The molecule has 0 fully saturated rings. The standard InChI is InChI=1S/C15H14FNO4/c1-9(8-10-2-4-11(16)5-3-10)17-14(18)12-6-7-13(21-12)15(19)20/h2-7,9H,8H2,1H3,(H,17,18)(H,19,20). The van der Waals surface area contributed by atoms with Crippen molar-refractivity contribution in [2.24, 2.45) is 0 Å². The highest BCUT2D eigenvalue weighted by Crippen LogP contribution is 2.09. The molecule has 1 amide bonds. The Hall–Kier alpha value is -2.63. The van der Waals surface area contributed by atoms with Crippen molar-refractivity contribution in [3.63, 3.8) is 0 Å². The summed E-state index contributed by atoms with van der Waals surface area (Å²) in [6.07, 6.45) is 0.526. The second kappa shape index (κ2) is 6.21. The molecule has 110 valence electrons. The monoisotopic (exact) mass is 291 g/mol. The van der Waals surface area contributed by atoms with Gasteiger partial charge in [0.1, 0.15) is 5.82 Å². The minimum atomic E-state index is -1.23. The van der Waals surface area contributed by atoms with Gasteiger partial charge in [0, 0.05) is 6.04 Å². The van der Waals surface area contributed by atoms with Gasteiger partial charge in [-0.2, -0.15) is 0 Å². The average Bonchev–Trinajstić information content (AvgIpc) is 2.91. The summed E-state index contributed by atoms with van der Waals surface area (Å²) in [6, 6.07) is 8.33. The van der Waals surface area contributed by atoms with Crippen molar-refractivity contribution >= 4 is 11.9 Å². The van der Waals surface area contributed by atoms with E-state index in [9.17, 15) is 14.0 Å². The van der Waals surface area contributed by atoms with Gasteiger partial charge < -0.3 is 14.8 Å². The zero-order valence-electron chi connectivity index (χ0n) is 11.3. The molecule has 1 heterocycles. The van der Waals surface area contributed by atoms with Crippen molar-refractivity contribution in [1.29, 1.82) is 0 Å². The fourth-order valence-corrected chi connectivity index (χ4v) is 1.89. The second-order valence-corrected chi connectivity index (χ2v) is 4.67. The molecule has 0 spiro atoms. The van der Waals surface area contributed by atoms with Crippen LogP contribution in [0.3, 0.4) is 0 Å². The summed E-state index contributed by atoms with van der Waals surface area (Å²) in [6.45, 7) is 1.79. The third-order valence-corrected chi connectivity index (χ3v) is 2.87. The topological polar surface area (TPSA) is 79.5 Å². The van der Waals surface area contributed by atoms with E-state index in [1.807, 2.05) is 0 Å². The summed E-state index contributed by atoms with van der Waals surface area (Å²) >= 11 is 0. The molecule has 0 radical (unpaired) electrons. The maximum atomic E-state index is 12.8. The van der Waals surface area contributed by atoms with Crippen LogP contribution in [-0.2, 0) is 6.42 Å². The van der Waals surface area contributed by atoms with Gasteiger partial charge in [-0.3, -0.25) is 4.79 Å². The summed E-state index contributed by atoms with van der Waals surface area (Å²) < 4.78 is 17.7. The Morgan fingerprint density at radius 2 is 1.81 bits per heavy atom. The van der Waals surface area contributed by atoms with Gasteiger partial charge in [-0.15, -0.1) is 0 Å². The summed E-state index contributed by atoms with van der Waals surface area (Å²) in [7, 11) is 0. The molecular weight excluding hydrogens is 277 g/mol. The van der Waals surface area contributed by atoms with Gasteiger partial charge >= 0.3 is 5.97 Å². The number of carboxylic acid groups (broad SMARTS) is 1. The number of nitrogens with one attached hydrogen (secondary N) is 1. The number of halogens is 1. The van der Waals surface area contributed by atoms with E-state index in [2.05, 4.69) is 5.32 Å². The van der Waals surface area contributed by atoms with Crippen molar-refractivity contribution in [2.45, 2.75) is 19.4 Å². The van der Waals surface area contributed by atoms with E-state index in [1.165, 1.54) is 24.3 Å². The molecule has 0 aliphatic rings. The minimum absolute atomic E-state index is 0.0571. The van der Waals surface area contributed by atoms with E-state index >= 15 is 0 Å². The van der Waals surface area contributed by atoms with E-state index in [4.69, 9.17) is 9.52 Å². The van der Waals surface area contributed by atoms with Crippen molar-refractivity contribution < 1.29 is 23.5 Å². The molecule has 21 heavy (non-hydrogen) atoms. The Morgan fingerprint density at radius 3 is 2.38 bits per heavy atom. The zero-order chi connectivity index (χ0) is 15.4. The first-order valence-electron chi connectivity index (χ1n) is 6.34. The number of aromatic carboxylic acids is 1. The first-order chi connectivity index (χ1) is 9.95. The van der Waals surface area contributed by atoms with E-state index in [1.54, 1.807) is 19.1 Å². The van der Waals surface area contributed by atoms with Crippen LogP contribution in [-0.4, -0.2) is 23.0 Å². The molecule has 0 aliphatic carbocycles. The van der Waals surface area contributed by atoms with E-state index in [0.29, 0.717) is 6.42 Å². The molecule has 0 bridgehead atoms. The number of rotatable bonds is 5. The fraction of sp³-hybridized carbons (Fsp3) is 0.200. The quantitative estimate of drug-likeness (QED) is 0.887. The molecule has 1 aromatic heterocycles. The maximum Gasteiger partial charge on any atom is 0.371 e. The lowest BCUT2D eigenvalue weighted by Gasteiger charge is -2.12. The van der Waals surface area contributed by atoms with E-state index < -0.39 is 11.9 Å². The predicted octanol–water partition coefficient (Wildman–Crippen LogP) is 2.48. The van der Waals surface area contributed by atoms with Crippen LogP contribution >= 0.6 is 0 Å². The molecule has 5 nitrogen and oxygen atoms in total. The van der Waals surface area contributed by atoms with Crippen molar-refractivity contribution in [3.05, 3.63) is 59.3 Å². The van der Waals surface area contributed by atoms with Crippen LogP contribution in [0.1, 0.15) is 33.6 Å². The molecule has 1 atom stereocenters. The molecular formula is C15H14FNO4. The average molecular weight is 291 g/mol. The third kappa shape index (κ3) is 3.92. The number of hydrogen-bond acceptors (Lipinski definition) is 3. The summed E-state index contributed by atoms with van der Waals surface area (Å²) in [4.78, 5) is 22.5. The number of hydrogen-bond donors (Lipinski definition) is 2. The number of benzene rings is 1. The highest BCUT2D eigenvalue weighted by atomic mass is 19.1. The minimum Gasteiger partial charge on any atom is -0.475 e. The van der Waals surface area contributed by atoms with Crippen molar-refractivity contribution in [2.75, 3.05) is 0 Å². The van der Waals surface area contributed by atoms with E-state index in [-0.39, 0.29) is 23.4 Å². The van der Waals surface area contributed by atoms with Gasteiger partial charge in [-0.05, 0) is 43.2 Å². The van der Waals surface area contributed by atoms with Crippen molar-refractivity contribution in [1.82, 2.24) is 5.32 Å². The highest BCUT2D eigenvalue weighted by molar-refractivity contribution is 5.93. The lowest BCUT2D eigenvalue weighted by atomic mass is 10.1. The number of carbonyl (C=O) groups excluding carboxylic acids is 1. The first kappa shape index (κ1) is 14.8. The van der Waals surface area contributed by atoms with Gasteiger partial charge in [0.05, 0.1) is 0 Å². The summed E-state index contributed by atoms with van der Waals surface area (Å²) in [5.41, 5.74) is 0.884. The third-order valence-electron chi connectivity index (χ3n) is 2.87. The number of carboxylic acids is 1. The van der Waals surface area contributed by atoms with Gasteiger partial charge in [0.2, 0.25) is 5.76 Å². The van der Waals surface area contributed by atoms with Crippen molar-refractivity contribution in [3.8, 4) is 0 Å². The molecule has 1 unspecified atom stereocenters. The van der Waals surface area contributed by atoms with Crippen LogP contribution in [0.4, 0.5) is 4.39 Å². The molecule has 1 aromatic carbocycles. The molecule has 6 heteroatoms. The van der Waals surface area contributed by atoms with Crippen LogP contribution in [0.25, 0.3) is 0 Å². The Morgan fingerprint density at radius 1 is 1.19 bits per heavy atom. The number of furan rings is 1. The summed E-state index contributed by atoms with van der Waals surface area (Å²) in [5.74, 6) is -2.37. The van der Waals surface area contributed by atoms with Crippen LogP contribution in [0.2, 0.25) is 0 Å². The molecule has 2 N–H and O–H groups in total. The largest absolute Gasteiger partial charge is 0.475 e. The Balaban J connectivity index is 1.95. The lowest BCUT2D eigenvalue weighted by molar-refractivity contribution is 0.0659. The lowest BCUT2D eigenvalue weighted by Crippen LogP contribution is -2.33. The predicted molar refractivity (Wildman–Crippen MR) is 72.7 cm³/mol. The van der Waals surface area contributed by atoms with Crippen LogP contribution in [0.5, 0.6) is 0 Å². The van der Waals surface area contributed by atoms with Gasteiger partial charge in [-0.1, -0.05) is 12.1 Å². The zero-order valence-corrected chi connectivity index (χ0v) is 11.3. The molecule has 0 aliphatic heterocycles. The second-order valence-electron chi connectivity index (χ2n) is 4.67. The first-order valence-corrected chi connectivity index (χ1v) is 6.34. The van der Waals surface area contributed by atoms with Gasteiger partial charge in [-0.25, -0.2) is 9.18 Å². The normalized spacial score (nSPS) is 11.9. The Bertz CT molecular complexity index is 648. The Labute approximate surface area is 120 Å². The number of carbonyl (C=O) groups is 2. The Kier molecular flexibility index (Phi) is 4.37. The van der Waals surface area contributed by atoms with E-state index in [0.717, 1.165) is 5.56 Å². The molecule has 2 aromatic rings. The molecule has 0 saturated heterocycles. The smallest absolute Gasteiger partial charge is 0.371 e. The van der Waals surface area contributed by atoms with Crippen LogP contribution in [0, 0.1) is 5.82 Å². The van der Waals surface area contributed by atoms with Gasteiger partial charge in [0.25, 0.3) is 5.91 Å². The van der Waals surface area contributed by atoms with Crippen LogP contribution in [0.15, 0.2) is 40.8 Å². The van der Waals surface area contributed by atoms with Crippen LogP contribution < -0.4 is 5.32 Å².